The van der Waals surface area contributed by atoms with Crippen LogP contribution in [0.15, 0.2) is 58.6 Å². The minimum Gasteiger partial charge on any atom is -0.462 e. The molecule has 2 aromatic rings. The Labute approximate surface area is 151 Å². The van der Waals surface area contributed by atoms with Gasteiger partial charge in [0, 0.05) is 12.1 Å². The molecule has 0 spiro atoms. The van der Waals surface area contributed by atoms with Crippen molar-refractivity contribution in [1.29, 1.82) is 0 Å². The number of ether oxygens (including phenoxy) is 1. The molecule has 0 aliphatic rings. The number of hydrazone groups is 1. The topological polar surface area (TPSA) is 75.9 Å². The van der Waals surface area contributed by atoms with E-state index in [1.807, 2.05) is 6.07 Å². The van der Waals surface area contributed by atoms with Crippen LogP contribution in [0.1, 0.15) is 23.0 Å². The smallest absolute Gasteiger partial charge is 0.338 e. The van der Waals surface area contributed by atoms with Crippen LogP contribution in [0.2, 0.25) is 0 Å². The number of carbonyl (C=O) groups excluding carboxylic acids is 1. The van der Waals surface area contributed by atoms with Gasteiger partial charge in [-0.3, -0.25) is 5.43 Å². The van der Waals surface area contributed by atoms with Gasteiger partial charge < -0.3 is 14.5 Å². The first-order valence-electron chi connectivity index (χ1n) is 7.69. The van der Waals surface area contributed by atoms with Gasteiger partial charge in [-0.05, 0) is 43.4 Å². The molecule has 0 atom stereocenters. The summed E-state index contributed by atoms with van der Waals surface area (Å²) in [6.07, 6.45) is 3.22. The molecule has 0 aliphatic heterocycles. The van der Waals surface area contributed by atoms with Gasteiger partial charge in [-0.2, -0.15) is 5.10 Å². The molecule has 6 nitrogen and oxygen atoms in total. The van der Waals surface area contributed by atoms with Gasteiger partial charge >= 0.3 is 5.97 Å². The largest absolute Gasteiger partial charge is 0.462 e. The fourth-order valence-electron chi connectivity index (χ4n) is 1.92. The zero-order chi connectivity index (χ0) is 18.1. The van der Waals surface area contributed by atoms with E-state index >= 15 is 0 Å². The zero-order valence-corrected chi connectivity index (χ0v) is 14.6. The van der Waals surface area contributed by atoms with E-state index in [0.717, 1.165) is 5.56 Å². The van der Waals surface area contributed by atoms with Crippen LogP contribution in [0, 0.1) is 0 Å². The van der Waals surface area contributed by atoms with Gasteiger partial charge in [0.15, 0.2) is 5.11 Å². The highest BCUT2D eigenvalue weighted by Gasteiger charge is 2.08. The summed E-state index contributed by atoms with van der Waals surface area (Å²) >= 11 is 5.02. The van der Waals surface area contributed by atoms with Crippen LogP contribution >= 0.6 is 12.2 Å². The van der Waals surface area contributed by atoms with Gasteiger partial charge in [0.1, 0.15) is 11.5 Å². The van der Waals surface area contributed by atoms with Crippen molar-refractivity contribution < 1.29 is 13.9 Å². The first kappa shape index (κ1) is 18.4. The summed E-state index contributed by atoms with van der Waals surface area (Å²) in [5.74, 6) is 0.904. The van der Waals surface area contributed by atoms with Gasteiger partial charge in [0.2, 0.25) is 0 Å². The van der Waals surface area contributed by atoms with Gasteiger partial charge in [0.05, 0.1) is 18.4 Å². The molecule has 1 heterocycles. The van der Waals surface area contributed by atoms with Crippen LogP contribution < -0.4 is 10.7 Å². The molecule has 0 saturated carbocycles. The molecule has 130 valence electrons. The molecular weight excluding hydrogens is 338 g/mol. The van der Waals surface area contributed by atoms with Crippen molar-refractivity contribution in [3.05, 3.63) is 60.4 Å². The number of nitrogens with one attached hydrogen (secondary N) is 2. The fraction of sp³-hybridized carbons (Fsp3) is 0.167. The maximum Gasteiger partial charge on any atom is 0.338 e. The second-order valence-corrected chi connectivity index (χ2v) is 5.28. The van der Waals surface area contributed by atoms with Gasteiger partial charge in [-0.1, -0.05) is 18.2 Å². The Bertz CT molecular complexity index is 766. The van der Waals surface area contributed by atoms with Crippen LogP contribution in [-0.4, -0.2) is 30.4 Å². The van der Waals surface area contributed by atoms with Crippen molar-refractivity contribution in [2.45, 2.75) is 6.92 Å². The lowest BCUT2D eigenvalue weighted by Crippen LogP contribution is -2.31. The van der Waals surface area contributed by atoms with Crippen molar-refractivity contribution >= 4 is 29.5 Å². The number of carbonyl (C=O) groups is 1. The van der Waals surface area contributed by atoms with Crippen molar-refractivity contribution in [2.24, 2.45) is 5.10 Å². The quantitative estimate of drug-likeness (QED) is 0.261. The molecule has 0 saturated heterocycles. The molecule has 0 aliphatic carbocycles. The third kappa shape index (κ3) is 5.58. The number of esters is 1. The number of rotatable bonds is 7. The van der Waals surface area contributed by atoms with E-state index in [2.05, 4.69) is 22.4 Å². The monoisotopic (exact) mass is 357 g/mol. The molecule has 0 bridgehead atoms. The molecule has 0 amide bonds. The highest BCUT2D eigenvalue weighted by atomic mass is 32.1. The Morgan fingerprint density at radius 3 is 2.76 bits per heavy atom. The van der Waals surface area contributed by atoms with Gasteiger partial charge in [-0.15, -0.1) is 6.58 Å². The number of nitrogens with zero attached hydrogens (tertiary/aromatic N) is 1. The predicted molar refractivity (Wildman–Crippen MR) is 102 cm³/mol. The SMILES string of the molecule is C=CCNC(=S)NN=Cc1ccc(-c2ccc(C(=O)OCC)cc2)o1. The van der Waals surface area contributed by atoms with E-state index in [9.17, 15) is 4.79 Å². The number of thiocarbonyl (C=S) groups is 1. The molecule has 1 aromatic carbocycles. The van der Waals surface area contributed by atoms with E-state index in [1.54, 1.807) is 43.3 Å². The van der Waals surface area contributed by atoms with Crippen LogP contribution in [0.3, 0.4) is 0 Å². The van der Waals surface area contributed by atoms with E-state index in [4.69, 9.17) is 21.4 Å². The summed E-state index contributed by atoms with van der Waals surface area (Å²) in [5.41, 5.74) is 4.03. The van der Waals surface area contributed by atoms with Crippen LogP contribution in [0.25, 0.3) is 11.3 Å². The highest BCUT2D eigenvalue weighted by Crippen LogP contribution is 2.22. The average molecular weight is 357 g/mol. The van der Waals surface area contributed by atoms with Crippen LogP contribution in [-0.2, 0) is 4.74 Å². The van der Waals surface area contributed by atoms with Crippen LogP contribution in [0.5, 0.6) is 0 Å². The minimum atomic E-state index is -0.339. The van der Waals surface area contributed by atoms with Crippen molar-refractivity contribution in [3.8, 4) is 11.3 Å². The summed E-state index contributed by atoms with van der Waals surface area (Å²) in [6.45, 7) is 6.27. The maximum atomic E-state index is 11.6. The molecule has 7 heteroatoms. The van der Waals surface area contributed by atoms with Gasteiger partial charge in [-0.25, -0.2) is 4.79 Å². The van der Waals surface area contributed by atoms with Crippen molar-refractivity contribution in [2.75, 3.05) is 13.2 Å². The molecule has 0 unspecified atom stereocenters. The number of hydrogen-bond acceptors (Lipinski definition) is 5. The minimum absolute atomic E-state index is 0.339. The predicted octanol–water partition coefficient (Wildman–Crippen LogP) is 3.11. The summed E-state index contributed by atoms with van der Waals surface area (Å²) in [7, 11) is 0. The third-order valence-electron chi connectivity index (χ3n) is 3.07. The maximum absolute atomic E-state index is 11.6. The van der Waals surface area contributed by atoms with Crippen molar-refractivity contribution in [3.63, 3.8) is 0 Å². The molecule has 0 radical (unpaired) electrons. The van der Waals surface area contributed by atoms with Crippen molar-refractivity contribution in [1.82, 2.24) is 10.7 Å². The van der Waals surface area contributed by atoms with E-state index in [-0.39, 0.29) is 5.97 Å². The average Bonchev–Trinajstić information content (AvgIpc) is 3.09. The second-order valence-electron chi connectivity index (χ2n) is 4.87. The Balaban J connectivity index is 1.97. The molecule has 1 aromatic heterocycles. The Morgan fingerprint density at radius 1 is 1.32 bits per heavy atom. The lowest BCUT2D eigenvalue weighted by atomic mass is 10.1. The molecule has 2 rings (SSSR count). The third-order valence-corrected chi connectivity index (χ3v) is 3.31. The second kappa shape index (κ2) is 9.39. The standard InChI is InChI=1S/C18H19N3O3S/c1-3-11-19-18(25)21-20-12-15-9-10-16(24-15)13-5-7-14(8-6-13)17(22)23-4-2/h3,5-10,12H,1,4,11H2,2H3,(H2,19,21,25). The molecule has 25 heavy (non-hydrogen) atoms. The lowest BCUT2D eigenvalue weighted by molar-refractivity contribution is 0.0526. The summed E-state index contributed by atoms with van der Waals surface area (Å²) in [5, 5.41) is 7.28. The lowest BCUT2D eigenvalue weighted by Gasteiger charge is -2.03. The van der Waals surface area contributed by atoms with Crippen LogP contribution in [0.4, 0.5) is 0 Å². The first-order chi connectivity index (χ1) is 12.1. The normalized spacial score (nSPS) is 10.4. The first-order valence-corrected chi connectivity index (χ1v) is 8.10. The number of furan rings is 1. The molecule has 2 N–H and O–H groups in total. The fourth-order valence-corrected chi connectivity index (χ4v) is 2.06. The Morgan fingerprint density at radius 2 is 2.08 bits per heavy atom. The summed E-state index contributed by atoms with van der Waals surface area (Å²) in [6, 6.07) is 10.6. The Hall–Kier alpha value is -2.93. The Kier molecular flexibility index (Phi) is 6.91. The van der Waals surface area contributed by atoms with E-state index in [1.165, 1.54) is 6.21 Å². The van der Waals surface area contributed by atoms with E-state index < -0.39 is 0 Å². The van der Waals surface area contributed by atoms with E-state index in [0.29, 0.717) is 35.3 Å². The molecular formula is C18H19N3O3S. The summed E-state index contributed by atoms with van der Waals surface area (Å²) < 4.78 is 10.7. The molecule has 0 fully saturated rings. The highest BCUT2D eigenvalue weighted by molar-refractivity contribution is 7.80. The number of hydrogen-bond donors (Lipinski definition) is 2. The summed E-state index contributed by atoms with van der Waals surface area (Å²) in [4.78, 5) is 11.6. The van der Waals surface area contributed by atoms with Gasteiger partial charge in [0.25, 0.3) is 0 Å². The number of benzene rings is 1. The zero-order valence-electron chi connectivity index (χ0n) is 13.8.